The molecule has 1 unspecified atom stereocenters. The quantitative estimate of drug-likeness (QED) is 0.285. The van der Waals surface area contributed by atoms with Crippen molar-refractivity contribution in [3.63, 3.8) is 0 Å². The van der Waals surface area contributed by atoms with Gasteiger partial charge in [0.05, 0.1) is 17.2 Å². The number of carbonyl (C=O) groups is 2. The predicted octanol–water partition coefficient (Wildman–Crippen LogP) is 5.10. The average Bonchev–Trinajstić information content (AvgIpc) is 3.39. The van der Waals surface area contributed by atoms with Crippen molar-refractivity contribution in [2.24, 2.45) is 5.92 Å². The fraction of sp³-hybridized carbons (Fsp3) is 0.452. The van der Waals surface area contributed by atoms with Crippen molar-refractivity contribution in [1.29, 1.82) is 0 Å². The second kappa shape index (κ2) is 12.4. The second-order valence-electron chi connectivity index (χ2n) is 11.8. The van der Waals surface area contributed by atoms with Crippen molar-refractivity contribution in [3.8, 4) is 0 Å². The van der Waals surface area contributed by atoms with E-state index in [-0.39, 0.29) is 22.9 Å². The lowest BCUT2D eigenvalue weighted by atomic mass is 9.96. The van der Waals surface area contributed by atoms with Crippen molar-refractivity contribution < 1.29 is 14.3 Å². The van der Waals surface area contributed by atoms with Gasteiger partial charge in [0, 0.05) is 44.8 Å². The van der Waals surface area contributed by atoms with Gasteiger partial charge in [-0.2, -0.15) is 0 Å². The Bertz CT molecular complexity index is 1540. The number of pyridine rings is 1. The van der Waals surface area contributed by atoms with Gasteiger partial charge >= 0.3 is 5.97 Å². The summed E-state index contributed by atoms with van der Waals surface area (Å²) in [6, 6.07) is 3.70. The van der Waals surface area contributed by atoms with Crippen LogP contribution in [0.25, 0.3) is 23.9 Å². The molecule has 3 aromatic heterocycles. The third kappa shape index (κ3) is 7.49. The van der Waals surface area contributed by atoms with E-state index in [1.807, 2.05) is 29.2 Å². The van der Waals surface area contributed by atoms with Crippen LogP contribution < -0.4 is 10.5 Å². The molecule has 3 aromatic rings. The van der Waals surface area contributed by atoms with Crippen LogP contribution >= 0.6 is 11.3 Å². The van der Waals surface area contributed by atoms with Gasteiger partial charge in [-0.25, -0.2) is 14.8 Å². The van der Waals surface area contributed by atoms with E-state index in [1.54, 1.807) is 57.3 Å². The topological polar surface area (TPSA) is 97.1 Å². The first-order chi connectivity index (χ1) is 19.3. The summed E-state index contributed by atoms with van der Waals surface area (Å²) in [5.41, 5.74) is 1.73. The van der Waals surface area contributed by atoms with Crippen molar-refractivity contribution in [1.82, 2.24) is 19.3 Å². The number of fused-ring (bicyclic) bond motifs is 1. The zero-order valence-electron chi connectivity index (χ0n) is 24.9. The molecule has 0 spiro atoms. The van der Waals surface area contributed by atoms with Crippen molar-refractivity contribution in [2.75, 3.05) is 32.1 Å². The summed E-state index contributed by atoms with van der Waals surface area (Å²) >= 11 is 1.59. The molecule has 1 aliphatic rings. The maximum absolute atomic E-state index is 13.8. The number of aromatic nitrogens is 3. The van der Waals surface area contributed by atoms with Crippen LogP contribution in [0.15, 0.2) is 34.6 Å². The Balaban J connectivity index is 1.75. The van der Waals surface area contributed by atoms with Crippen LogP contribution in [-0.4, -0.2) is 63.9 Å². The maximum atomic E-state index is 13.8. The van der Waals surface area contributed by atoms with Gasteiger partial charge in [0.15, 0.2) is 0 Å². The number of amides is 1. The van der Waals surface area contributed by atoms with Crippen LogP contribution in [0.5, 0.6) is 0 Å². The molecule has 0 aromatic carbocycles. The van der Waals surface area contributed by atoms with Crippen molar-refractivity contribution in [2.45, 2.75) is 59.0 Å². The third-order valence-corrected chi connectivity index (χ3v) is 7.55. The van der Waals surface area contributed by atoms with Gasteiger partial charge in [-0.05, 0) is 69.4 Å². The van der Waals surface area contributed by atoms with E-state index < -0.39 is 11.6 Å². The Morgan fingerprint density at radius 1 is 1.17 bits per heavy atom. The molecular formula is C31H39N5O4S. The van der Waals surface area contributed by atoms with E-state index in [2.05, 4.69) is 24.2 Å². The molecule has 41 heavy (non-hydrogen) atoms. The van der Waals surface area contributed by atoms with Crippen LogP contribution in [0.2, 0.25) is 0 Å². The number of carbonyl (C=O) groups excluding carboxylic acids is 2. The lowest BCUT2D eigenvalue weighted by Gasteiger charge is -2.34. The zero-order valence-corrected chi connectivity index (χ0v) is 25.7. The highest BCUT2D eigenvalue weighted by Crippen LogP contribution is 2.26. The van der Waals surface area contributed by atoms with Crippen LogP contribution in [0.4, 0.5) is 5.82 Å². The first kappa shape index (κ1) is 30.2. The maximum Gasteiger partial charge on any atom is 0.331 e. The lowest BCUT2D eigenvalue weighted by molar-refractivity contribution is -0.148. The molecule has 1 amide bonds. The molecule has 0 saturated carbocycles. The van der Waals surface area contributed by atoms with Gasteiger partial charge in [0.1, 0.15) is 22.1 Å². The van der Waals surface area contributed by atoms with Gasteiger partial charge in [0.25, 0.3) is 5.56 Å². The number of ether oxygens (including phenoxy) is 1. The van der Waals surface area contributed by atoms with Gasteiger partial charge < -0.3 is 14.5 Å². The summed E-state index contributed by atoms with van der Waals surface area (Å²) in [5.74, 6) is 0.118. The molecule has 10 heteroatoms. The van der Waals surface area contributed by atoms with E-state index in [0.717, 1.165) is 29.1 Å². The van der Waals surface area contributed by atoms with Gasteiger partial charge in [0.2, 0.25) is 5.91 Å². The number of hydrogen-bond acceptors (Lipinski definition) is 8. The second-order valence-corrected chi connectivity index (χ2v) is 12.7. The van der Waals surface area contributed by atoms with E-state index in [9.17, 15) is 14.4 Å². The fourth-order valence-corrected chi connectivity index (χ4v) is 5.55. The highest BCUT2D eigenvalue weighted by Gasteiger charge is 2.29. The number of nitrogens with zero attached hydrogens (tertiary/aromatic N) is 5. The van der Waals surface area contributed by atoms with E-state index in [1.165, 1.54) is 16.6 Å². The first-order valence-corrected chi connectivity index (χ1v) is 14.8. The highest BCUT2D eigenvalue weighted by molar-refractivity contribution is 7.10. The molecule has 1 fully saturated rings. The minimum absolute atomic E-state index is 0.0493. The summed E-state index contributed by atoms with van der Waals surface area (Å²) in [6.45, 7) is 10.7. The van der Waals surface area contributed by atoms with Gasteiger partial charge in [-0.15, -0.1) is 11.3 Å². The number of thiazole rings is 1. The summed E-state index contributed by atoms with van der Waals surface area (Å²) < 4.78 is 6.88. The van der Waals surface area contributed by atoms with Gasteiger partial charge in [-0.1, -0.05) is 19.9 Å². The molecule has 1 aliphatic heterocycles. The molecule has 0 N–H and O–H groups in total. The molecule has 4 heterocycles. The standard InChI is InChI=1S/C31H39N5O4S/c1-20(2)24-19-41-26(32-24)12-10-21-14-16-36-25(17-21)33-28(35-15-8-9-22(18-35)29(38)34(6)7)23(30(36)39)11-13-27(37)40-31(3,4)5/h10-14,16-17,19-20,22H,8-9,15,18H2,1-7H3/b12-10+,13-11+. The van der Waals surface area contributed by atoms with Crippen LogP contribution in [0.3, 0.4) is 0 Å². The number of piperidine rings is 1. The van der Waals surface area contributed by atoms with E-state index in [0.29, 0.717) is 30.5 Å². The largest absolute Gasteiger partial charge is 0.457 e. The molecule has 9 nitrogen and oxygen atoms in total. The summed E-state index contributed by atoms with van der Waals surface area (Å²) in [4.78, 5) is 52.2. The van der Waals surface area contributed by atoms with Crippen molar-refractivity contribution >= 4 is 52.9 Å². The van der Waals surface area contributed by atoms with Crippen LogP contribution in [0, 0.1) is 5.92 Å². The van der Waals surface area contributed by atoms with Crippen LogP contribution in [0.1, 0.15) is 75.2 Å². The average molecular weight is 578 g/mol. The number of anilines is 1. The molecule has 0 bridgehead atoms. The summed E-state index contributed by atoms with van der Waals surface area (Å²) in [5, 5.41) is 2.98. The molecule has 4 rings (SSSR count). The smallest absolute Gasteiger partial charge is 0.331 e. The minimum atomic E-state index is -0.660. The Morgan fingerprint density at radius 2 is 1.93 bits per heavy atom. The number of rotatable bonds is 7. The molecule has 0 radical (unpaired) electrons. The van der Waals surface area contributed by atoms with E-state index >= 15 is 0 Å². The summed E-state index contributed by atoms with van der Waals surface area (Å²) in [7, 11) is 3.50. The Kier molecular flexibility index (Phi) is 9.11. The predicted molar refractivity (Wildman–Crippen MR) is 165 cm³/mol. The molecule has 1 saturated heterocycles. The lowest BCUT2D eigenvalue weighted by Crippen LogP contribution is -2.43. The van der Waals surface area contributed by atoms with Crippen molar-refractivity contribution in [3.05, 3.63) is 62.0 Å². The summed E-state index contributed by atoms with van der Waals surface area (Å²) in [6.07, 6.45) is 9.91. The fourth-order valence-electron chi connectivity index (χ4n) is 4.68. The first-order valence-electron chi connectivity index (χ1n) is 13.9. The Hall–Kier alpha value is -3.79. The van der Waals surface area contributed by atoms with E-state index in [4.69, 9.17) is 9.72 Å². The number of esters is 1. The zero-order chi connectivity index (χ0) is 29.9. The molecular weight excluding hydrogens is 538 g/mol. The Labute approximate surface area is 245 Å². The van der Waals surface area contributed by atoms with Gasteiger partial charge in [-0.3, -0.25) is 14.0 Å². The molecule has 0 aliphatic carbocycles. The normalized spacial score (nSPS) is 16.3. The number of hydrogen-bond donors (Lipinski definition) is 0. The monoisotopic (exact) mass is 577 g/mol. The van der Waals surface area contributed by atoms with Crippen LogP contribution in [-0.2, 0) is 14.3 Å². The molecule has 1 atom stereocenters. The minimum Gasteiger partial charge on any atom is -0.457 e. The third-order valence-electron chi connectivity index (χ3n) is 6.72. The molecule has 218 valence electrons. The Morgan fingerprint density at radius 3 is 2.59 bits per heavy atom. The SMILES string of the molecule is CC(C)c1csc(/C=C/c2ccn3c(=O)c(/C=C/C(=O)OC(C)(C)C)c(N4CCCC(C(=O)N(C)C)C4)nc3c2)n1. The highest BCUT2D eigenvalue weighted by atomic mass is 32.1.